The number of aryl methyl sites for hydroxylation is 1. The second-order valence-corrected chi connectivity index (χ2v) is 4.22. The summed E-state index contributed by atoms with van der Waals surface area (Å²) in [7, 11) is 1.60. The van der Waals surface area contributed by atoms with E-state index in [-0.39, 0.29) is 11.9 Å². The van der Waals surface area contributed by atoms with Gasteiger partial charge in [-0.25, -0.2) is 0 Å². The highest BCUT2D eigenvalue weighted by Crippen LogP contribution is 2.18. The highest BCUT2D eigenvalue weighted by molar-refractivity contribution is 5.84. The average molecular weight is 251 g/mol. The van der Waals surface area contributed by atoms with Gasteiger partial charge < -0.3 is 21.1 Å². The predicted molar refractivity (Wildman–Crippen MR) is 73.6 cm³/mol. The van der Waals surface area contributed by atoms with Crippen LogP contribution >= 0.6 is 0 Å². The number of anilines is 2. The van der Waals surface area contributed by atoms with Gasteiger partial charge in [0.2, 0.25) is 5.91 Å². The Morgan fingerprint density at radius 3 is 2.83 bits per heavy atom. The van der Waals surface area contributed by atoms with Crippen LogP contribution in [0.15, 0.2) is 18.2 Å². The van der Waals surface area contributed by atoms with Crippen LogP contribution in [0.25, 0.3) is 0 Å². The van der Waals surface area contributed by atoms with E-state index in [0.717, 1.165) is 16.9 Å². The predicted octanol–water partition coefficient (Wildman–Crippen LogP) is 1.14. The van der Waals surface area contributed by atoms with Crippen LogP contribution in [-0.2, 0) is 9.53 Å². The summed E-state index contributed by atoms with van der Waals surface area (Å²) in [6.45, 7) is 4.80. The summed E-state index contributed by atoms with van der Waals surface area (Å²) in [4.78, 5) is 11.7. The summed E-state index contributed by atoms with van der Waals surface area (Å²) >= 11 is 0. The molecule has 0 radical (unpaired) electrons. The van der Waals surface area contributed by atoms with Gasteiger partial charge in [-0.1, -0.05) is 0 Å². The van der Waals surface area contributed by atoms with Crippen LogP contribution in [-0.4, -0.2) is 32.2 Å². The van der Waals surface area contributed by atoms with Gasteiger partial charge >= 0.3 is 0 Å². The molecule has 0 aliphatic carbocycles. The molecule has 0 aliphatic rings. The third-order valence-electron chi connectivity index (χ3n) is 2.62. The summed E-state index contributed by atoms with van der Waals surface area (Å²) < 4.78 is 4.87. The van der Waals surface area contributed by atoms with Crippen LogP contribution in [0, 0.1) is 6.92 Å². The molecule has 1 aromatic carbocycles. The highest BCUT2D eigenvalue weighted by atomic mass is 16.5. The molecule has 4 N–H and O–H groups in total. The second-order valence-electron chi connectivity index (χ2n) is 4.22. The molecular weight excluding hydrogens is 230 g/mol. The van der Waals surface area contributed by atoms with Gasteiger partial charge in [-0.15, -0.1) is 0 Å². The van der Waals surface area contributed by atoms with E-state index in [1.165, 1.54) is 0 Å². The lowest BCUT2D eigenvalue weighted by Gasteiger charge is -2.17. The minimum atomic E-state index is -0.302. The number of amides is 1. The van der Waals surface area contributed by atoms with Crippen molar-refractivity contribution in [2.45, 2.75) is 19.9 Å². The summed E-state index contributed by atoms with van der Waals surface area (Å²) in [5.41, 5.74) is 8.33. The molecule has 18 heavy (non-hydrogen) atoms. The van der Waals surface area contributed by atoms with E-state index in [9.17, 15) is 4.79 Å². The number of hydrogen-bond donors (Lipinski definition) is 3. The van der Waals surface area contributed by atoms with E-state index in [0.29, 0.717) is 13.2 Å². The summed E-state index contributed by atoms with van der Waals surface area (Å²) in [6.07, 6.45) is 0. The van der Waals surface area contributed by atoms with Gasteiger partial charge in [0.05, 0.1) is 6.61 Å². The van der Waals surface area contributed by atoms with Gasteiger partial charge in [0, 0.05) is 25.0 Å². The zero-order valence-electron chi connectivity index (χ0n) is 11.1. The number of carbonyl (C=O) groups is 1. The molecule has 0 spiro atoms. The maximum absolute atomic E-state index is 11.7. The number of methoxy groups -OCH3 is 1. The maximum atomic E-state index is 11.7. The Bertz CT molecular complexity index is 407. The highest BCUT2D eigenvalue weighted by Gasteiger charge is 2.12. The summed E-state index contributed by atoms with van der Waals surface area (Å²) in [5.74, 6) is -0.0525. The van der Waals surface area contributed by atoms with Crippen molar-refractivity contribution in [3.63, 3.8) is 0 Å². The van der Waals surface area contributed by atoms with Crippen molar-refractivity contribution >= 4 is 17.3 Å². The van der Waals surface area contributed by atoms with E-state index < -0.39 is 0 Å². The lowest BCUT2D eigenvalue weighted by molar-refractivity contribution is -0.121. The quantitative estimate of drug-likeness (QED) is 0.523. The Hall–Kier alpha value is -1.75. The number of nitrogen functional groups attached to an aromatic ring is 1. The molecule has 0 heterocycles. The van der Waals surface area contributed by atoms with Crippen LogP contribution in [0.3, 0.4) is 0 Å². The molecule has 1 rings (SSSR count). The second kappa shape index (κ2) is 6.86. The van der Waals surface area contributed by atoms with Gasteiger partial charge in [-0.2, -0.15) is 0 Å². The van der Waals surface area contributed by atoms with E-state index in [2.05, 4.69) is 10.6 Å². The normalized spacial score (nSPS) is 11.9. The van der Waals surface area contributed by atoms with Crippen molar-refractivity contribution in [3.05, 3.63) is 23.8 Å². The molecule has 0 aliphatic heterocycles. The summed E-state index contributed by atoms with van der Waals surface area (Å²) in [6, 6.07) is 5.26. The molecule has 1 aromatic rings. The van der Waals surface area contributed by atoms with Crippen molar-refractivity contribution in [2.75, 3.05) is 31.3 Å². The SMILES string of the molecule is COCCNC(=O)C(C)Nc1ccc(N)cc1C. The average Bonchev–Trinajstić information content (AvgIpc) is 2.32. The maximum Gasteiger partial charge on any atom is 0.242 e. The molecule has 100 valence electrons. The first-order chi connectivity index (χ1) is 8.54. The molecule has 0 saturated heterocycles. The van der Waals surface area contributed by atoms with Gasteiger partial charge in [0.25, 0.3) is 0 Å². The Labute approximate surface area is 108 Å². The number of ether oxygens (including phenoxy) is 1. The fourth-order valence-electron chi connectivity index (χ4n) is 1.58. The number of nitrogens with one attached hydrogen (secondary N) is 2. The number of rotatable bonds is 6. The van der Waals surface area contributed by atoms with Crippen molar-refractivity contribution in [3.8, 4) is 0 Å². The molecule has 0 aromatic heterocycles. The molecule has 1 unspecified atom stereocenters. The van der Waals surface area contributed by atoms with Crippen molar-refractivity contribution in [1.82, 2.24) is 5.32 Å². The number of carbonyl (C=O) groups excluding carboxylic acids is 1. The first-order valence-electron chi connectivity index (χ1n) is 5.94. The fraction of sp³-hybridized carbons (Fsp3) is 0.462. The zero-order chi connectivity index (χ0) is 13.5. The van der Waals surface area contributed by atoms with E-state index in [4.69, 9.17) is 10.5 Å². The zero-order valence-corrected chi connectivity index (χ0v) is 11.1. The number of nitrogens with two attached hydrogens (primary N) is 1. The molecule has 5 nitrogen and oxygen atoms in total. The Morgan fingerprint density at radius 1 is 1.50 bits per heavy atom. The van der Waals surface area contributed by atoms with Crippen molar-refractivity contribution < 1.29 is 9.53 Å². The Morgan fingerprint density at radius 2 is 2.22 bits per heavy atom. The standard InChI is InChI=1S/C13H21N3O2/c1-9-8-11(14)4-5-12(9)16-10(2)13(17)15-6-7-18-3/h4-5,8,10,16H,6-7,14H2,1-3H3,(H,15,17). The monoisotopic (exact) mass is 251 g/mol. The Kier molecular flexibility index (Phi) is 5.45. The molecule has 5 heteroatoms. The molecule has 0 bridgehead atoms. The first kappa shape index (κ1) is 14.3. The molecule has 1 atom stereocenters. The summed E-state index contributed by atoms with van der Waals surface area (Å²) in [5, 5.41) is 5.94. The molecule has 0 saturated carbocycles. The van der Waals surface area contributed by atoms with Gasteiger partial charge in [-0.3, -0.25) is 4.79 Å². The third-order valence-corrected chi connectivity index (χ3v) is 2.62. The van der Waals surface area contributed by atoms with Gasteiger partial charge in [-0.05, 0) is 37.6 Å². The minimum Gasteiger partial charge on any atom is -0.399 e. The first-order valence-corrected chi connectivity index (χ1v) is 5.94. The number of benzene rings is 1. The molecule has 0 fully saturated rings. The van der Waals surface area contributed by atoms with Crippen LogP contribution in [0.1, 0.15) is 12.5 Å². The van der Waals surface area contributed by atoms with E-state index >= 15 is 0 Å². The van der Waals surface area contributed by atoms with Crippen LogP contribution in [0.2, 0.25) is 0 Å². The van der Waals surface area contributed by atoms with Crippen LogP contribution < -0.4 is 16.4 Å². The Balaban J connectivity index is 2.53. The van der Waals surface area contributed by atoms with Crippen molar-refractivity contribution in [2.24, 2.45) is 0 Å². The minimum absolute atomic E-state index is 0.0525. The lowest BCUT2D eigenvalue weighted by atomic mass is 10.1. The fourth-order valence-corrected chi connectivity index (χ4v) is 1.58. The third kappa shape index (κ3) is 4.25. The van der Waals surface area contributed by atoms with E-state index in [1.54, 1.807) is 7.11 Å². The topological polar surface area (TPSA) is 76.4 Å². The molecule has 1 amide bonds. The lowest BCUT2D eigenvalue weighted by Crippen LogP contribution is -2.39. The van der Waals surface area contributed by atoms with Gasteiger partial charge in [0.1, 0.15) is 6.04 Å². The number of hydrogen-bond acceptors (Lipinski definition) is 4. The largest absolute Gasteiger partial charge is 0.399 e. The van der Waals surface area contributed by atoms with Crippen LogP contribution in [0.5, 0.6) is 0 Å². The molecular formula is C13H21N3O2. The van der Waals surface area contributed by atoms with E-state index in [1.807, 2.05) is 32.0 Å². The van der Waals surface area contributed by atoms with Gasteiger partial charge in [0.15, 0.2) is 0 Å². The van der Waals surface area contributed by atoms with Crippen molar-refractivity contribution in [1.29, 1.82) is 0 Å². The van der Waals surface area contributed by atoms with Crippen LogP contribution in [0.4, 0.5) is 11.4 Å². The smallest absolute Gasteiger partial charge is 0.242 e.